The molecule has 0 radical (unpaired) electrons. The van der Waals surface area contributed by atoms with Gasteiger partial charge in [0.25, 0.3) is 0 Å². The van der Waals surface area contributed by atoms with Crippen LogP contribution in [0.4, 0.5) is 10.8 Å². The lowest BCUT2D eigenvalue weighted by Gasteiger charge is -2.24. The quantitative estimate of drug-likeness (QED) is 0.540. The predicted octanol–water partition coefficient (Wildman–Crippen LogP) is 5.78. The number of amides is 1. The molecule has 1 amide bonds. The van der Waals surface area contributed by atoms with E-state index in [0.717, 1.165) is 29.6 Å². The number of hydrogen-bond donors (Lipinski definition) is 0. The molecule has 0 bridgehead atoms. The summed E-state index contributed by atoms with van der Waals surface area (Å²) in [5.41, 5.74) is 5.75. The molecule has 5 heteroatoms. The Hall–Kier alpha value is -2.50. The highest BCUT2D eigenvalue weighted by Crippen LogP contribution is 2.35. The molecule has 1 aromatic heterocycles. The maximum atomic E-state index is 12.3. The molecule has 4 nitrogen and oxygen atoms in total. The number of carbonyl (C=O) groups excluding carboxylic acids is 1. The minimum absolute atomic E-state index is 0.0199. The number of anilines is 2. The van der Waals surface area contributed by atoms with Gasteiger partial charge in [0.15, 0.2) is 5.13 Å². The standard InChI is InChI=1S/C24H27N3OS/c1-17-6-10-20(11-7-17)23-5-4-14-26(23)15-21-16-29-24(25-21)27(19(3)28)22-12-8-18(2)9-13-22/h6-13,16,23H,4-5,14-15H2,1-3H3. The van der Waals surface area contributed by atoms with Gasteiger partial charge in [-0.1, -0.05) is 47.5 Å². The second-order valence-corrected chi connectivity index (χ2v) is 8.69. The second-order valence-electron chi connectivity index (χ2n) is 7.85. The Labute approximate surface area is 176 Å². The fourth-order valence-corrected chi connectivity index (χ4v) is 4.86. The molecule has 29 heavy (non-hydrogen) atoms. The molecule has 1 aliphatic rings. The maximum Gasteiger partial charge on any atom is 0.230 e. The van der Waals surface area contributed by atoms with Gasteiger partial charge in [0.2, 0.25) is 5.91 Å². The third-order valence-electron chi connectivity index (χ3n) is 5.53. The van der Waals surface area contributed by atoms with Crippen LogP contribution < -0.4 is 4.90 Å². The highest BCUT2D eigenvalue weighted by atomic mass is 32.1. The Bertz CT molecular complexity index is 978. The molecule has 1 aliphatic heterocycles. The van der Waals surface area contributed by atoms with Gasteiger partial charge in [-0.05, 0) is 50.9 Å². The summed E-state index contributed by atoms with van der Waals surface area (Å²) in [5.74, 6) is -0.0199. The molecule has 4 rings (SSSR count). The van der Waals surface area contributed by atoms with E-state index in [2.05, 4.69) is 41.5 Å². The Morgan fingerprint density at radius 3 is 2.41 bits per heavy atom. The molecule has 150 valence electrons. The van der Waals surface area contributed by atoms with Gasteiger partial charge in [-0.2, -0.15) is 0 Å². The average Bonchev–Trinajstić information content (AvgIpc) is 3.34. The van der Waals surface area contributed by atoms with E-state index in [4.69, 9.17) is 4.98 Å². The summed E-state index contributed by atoms with van der Waals surface area (Å²) in [5, 5.41) is 2.83. The summed E-state index contributed by atoms with van der Waals surface area (Å²) >= 11 is 1.53. The van der Waals surface area contributed by atoms with Crippen molar-refractivity contribution in [2.24, 2.45) is 0 Å². The number of nitrogens with zero attached hydrogens (tertiary/aromatic N) is 3. The molecule has 1 fully saturated rings. The number of aryl methyl sites for hydroxylation is 2. The first kappa shape index (κ1) is 19.8. The molecule has 0 N–H and O–H groups in total. The smallest absolute Gasteiger partial charge is 0.230 e. The van der Waals surface area contributed by atoms with Crippen molar-refractivity contribution >= 4 is 28.1 Å². The zero-order chi connectivity index (χ0) is 20.4. The number of carbonyl (C=O) groups is 1. The third kappa shape index (κ3) is 4.41. The lowest BCUT2D eigenvalue weighted by Crippen LogP contribution is -2.24. The molecule has 2 heterocycles. The van der Waals surface area contributed by atoms with Crippen LogP contribution in [-0.2, 0) is 11.3 Å². The van der Waals surface area contributed by atoms with E-state index >= 15 is 0 Å². The number of benzene rings is 2. The van der Waals surface area contributed by atoms with E-state index in [9.17, 15) is 4.79 Å². The van der Waals surface area contributed by atoms with E-state index < -0.39 is 0 Å². The summed E-state index contributed by atoms with van der Waals surface area (Å²) in [7, 11) is 0. The van der Waals surface area contributed by atoms with Gasteiger partial charge in [0.1, 0.15) is 0 Å². The van der Waals surface area contributed by atoms with Gasteiger partial charge >= 0.3 is 0 Å². The van der Waals surface area contributed by atoms with Crippen LogP contribution in [0, 0.1) is 13.8 Å². The molecule has 2 aromatic carbocycles. The van der Waals surface area contributed by atoms with E-state index in [0.29, 0.717) is 6.04 Å². The molecule has 1 saturated heterocycles. The number of aromatic nitrogens is 1. The van der Waals surface area contributed by atoms with Crippen molar-refractivity contribution in [3.63, 3.8) is 0 Å². The number of hydrogen-bond acceptors (Lipinski definition) is 4. The van der Waals surface area contributed by atoms with Crippen molar-refractivity contribution in [3.05, 3.63) is 76.3 Å². The lowest BCUT2D eigenvalue weighted by molar-refractivity contribution is -0.115. The molecule has 1 unspecified atom stereocenters. The van der Waals surface area contributed by atoms with Crippen LogP contribution in [-0.4, -0.2) is 22.3 Å². The van der Waals surface area contributed by atoms with Crippen LogP contribution in [0.15, 0.2) is 53.9 Å². The number of rotatable bonds is 5. The van der Waals surface area contributed by atoms with Gasteiger partial charge < -0.3 is 0 Å². The molecule has 3 aromatic rings. The fraction of sp³-hybridized carbons (Fsp3) is 0.333. The Morgan fingerprint density at radius 1 is 1.10 bits per heavy atom. The zero-order valence-electron chi connectivity index (χ0n) is 17.3. The van der Waals surface area contributed by atoms with Gasteiger partial charge in [0, 0.05) is 24.9 Å². The van der Waals surface area contributed by atoms with E-state index in [1.807, 2.05) is 31.2 Å². The fourth-order valence-electron chi connectivity index (χ4n) is 3.98. The number of thiazole rings is 1. The normalized spacial score (nSPS) is 16.9. The van der Waals surface area contributed by atoms with Crippen molar-refractivity contribution in [1.82, 2.24) is 9.88 Å². The minimum Gasteiger partial charge on any atom is -0.290 e. The van der Waals surface area contributed by atoms with E-state index in [-0.39, 0.29) is 5.91 Å². The van der Waals surface area contributed by atoms with Crippen LogP contribution in [0.5, 0.6) is 0 Å². The van der Waals surface area contributed by atoms with Crippen LogP contribution >= 0.6 is 11.3 Å². The predicted molar refractivity (Wildman–Crippen MR) is 120 cm³/mol. The lowest BCUT2D eigenvalue weighted by atomic mass is 10.0. The molecule has 0 saturated carbocycles. The molecule has 0 aliphatic carbocycles. The van der Waals surface area contributed by atoms with Crippen molar-refractivity contribution < 1.29 is 4.79 Å². The SMILES string of the molecule is CC(=O)N(c1ccc(C)cc1)c1nc(CN2CCCC2c2ccc(C)cc2)cs1. The minimum atomic E-state index is -0.0199. The zero-order valence-corrected chi connectivity index (χ0v) is 18.1. The first-order valence-corrected chi connectivity index (χ1v) is 11.0. The van der Waals surface area contributed by atoms with Crippen molar-refractivity contribution in [2.75, 3.05) is 11.4 Å². The summed E-state index contributed by atoms with van der Waals surface area (Å²) < 4.78 is 0. The Kier molecular flexibility index (Phi) is 5.79. The molecule has 0 spiro atoms. The molecular formula is C24H27N3OS. The van der Waals surface area contributed by atoms with Crippen LogP contribution in [0.25, 0.3) is 0 Å². The average molecular weight is 406 g/mol. The van der Waals surface area contributed by atoms with Crippen molar-refractivity contribution in [3.8, 4) is 0 Å². The van der Waals surface area contributed by atoms with Crippen LogP contribution in [0.2, 0.25) is 0 Å². The van der Waals surface area contributed by atoms with Gasteiger partial charge in [-0.3, -0.25) is 14.6 Å². The molecular weight excluding hydrogens is 378 g/mol. The third-order valence-corrected chi connectivity index (χ3v) is 6.40. The van der Waals surface area contributed by atoms with E-state index in [1.165, 1.54) is 40.9 Å². The van der Waals surface area contributed by atoms with Crippen molar-refractivity contribution in [1.29, 1.82) is 0 Å². The van der Waals surface area contributed by atoms with Gasteiger partial charge in [0.05, 0.1) is 11.4 Å². The summed E-state index contributed by atoms with van der Waals surface area (Å²) in [4.78, 5) is 21.4. The highest BCUT2D eigenvalue weighted by Gasteiger charge is 2.27. The van der Waals surface area contributed by atoms with Gasteiger partial charge in [-0.25, -0.2) is 4.98 Å². The highest BCUT2D eigenvalue weighted by molar-refractivity contribution is 7.14. The van der Waals surface area contributed by atoms with Gasteiger partial charge in [-0.15, -0.1) is 11.3 Å². The van der Waals surface area contributed by atoms with Crippen LogP contribution in [0.3, 0.4) is 0 Å². The molecule has 1 atom stereocenters. The monoisotopic (exact) mass is 405 g/mol. The Balaban J connectivity index is 1.52. The summed E-state index contributed by atoms with van der Waals surface area (Å²) in [6, 6.07) is 17.3. The number of likely N-dealkylation sites (tertiary alicyclic amines) is 1. The second kappa shape index (κ2) is 8.47. The van der Waals surface area contributed by atoms with Crippen LogP contribution in [0.1, 0.15) is 48.2 Å². The topological polar surface area (TPSA) is 36.4 Å². The van der Waals surface area contributed by atoms with E-state index in [1.54, 1.807) is 11.8 Å². The summed E-state index contributed by atoms with van der Waals surface area (Å²) in [6.45, 7) is 7.66. The first-order chi connectivity index (χ1) is 14.0. The Morgan fingerprint density at radius 2 is 1.76 bits per heavy atom. The first-order valence-electron chi connectivity index (χ1n) is 10.1. The summed E-state index contributed by atoms with van der Waals surface area (Å²) in [6.07, 6.45) is 2.39. The largest absolute Gasteiger partial charge is 0.290 e. The maximum absolute atomic E-state index is 12.3. The van der Waals surface area contributed by atoms with Crippen molar-refractivity contribution in [2.45, 2.75) is 46.2 Å².